The predicted molar refractivity (Wildman–Crippen MR) is 37.5 cm³/mol. The van der Waals surface area contributed by atoms with Gasteiger partial charge in [0.15, 0.2) is 0 Å². The third kappa shape index (κ3) is 3.03. The summed E-state index contributed by atoms with van der Waals surface area (Å²) in [6, 6.07) is 0.639. The summed E-state index contributed by atoms with van der Waals surface area (Å²) in [5, 5.41) is 0. The Bertz CT molecular complexity index is 50.3. The molecule has 0 fully saturated rings. The molecule has 0 aliphatic heterocycles. The van der Waals surface area contributed by atoms with Gasteiger partial charge in [0.2, 0.25) is 0 Å². The van der Waals surface area contributed by atoms with E-state index in [0.29, 0.717) is 6.04 Å². The number of hydrogen-bond acceptors (Lipinski definition) is 1. The third-order valence-corrected chi connectivity index (χ3v) is 1.46. The van der Waals surface area contributed by atoms with Crippen molar-refractivity contribution in [3.05, 3.63) is 7.05 Å². The zero-order valence-corrected chi connectivity index (χ0v) is 6.15. The van der Waals surface area contributed by atoms with Crippen LogP contribution >= 0.6 is 0 Å². The minimum atomic E-state index is 0.639. The van der Waals surface area contributed by atoms with Crippen LogP contribution < -0.4 is 0 Å². The molecule has 1 unspecified atom stereocenters. The number of hydrogen-bond donors (Lipinski definition) is 0. The van der Waals surface area contributed by atoms with E-state index in [2.05, 4.69) is 20.9 Å². The van der Waals surface area contributed by atoms with Crippen LogP contribution in [0.3, 0.4) is 0 Å². The zero-order valence-electron chi connectivity index (χ0n) is 6.15. The molecule has 0 saturated heterocycles. The predicted octanol–water partition coefficient (Wildman–Crippen LogP) is 1.90. The van der Waals surface area contributed by atoms with Gasteiger partial charge in [-0.1, -0.05) is 20.3 Å². The Morgan fingerprint density at radius 3 is 2.25 bits per heavy atom. The lowest BCUT2D eigenvalue weighted by molar-refractivity contribution is 0.327. The lowest BCUT2D eigenvalue weighted by Crippen LogP contribution is -2.21. The lowest BCUT2D eigenvalue weighted by Gasteiger charge is -2.26. The van der Waals surface area contributed by atoms with Gasteiger partial charge in [-0.2, -0.15) is 0 Å². The second-order valence-corrected chi connectivity index (χ2v) is 2.39. The molecule has 0 saturated carbocycles. The molecule has 0 aromatic rings. The van der Waals surface area contributed by atoms with Crippen molar-refractivity contribution in [3.8, 4) is 0 Å². The van der Waals surface area contributed by atoms with Gasteiger partial charge in [0.1, 0.15) is 0 Å². The normalized spacial score (nSPS) is 14.6. The molecule has 0 radical (unpaired) electrons. The van der Waals surface area contributed by atoms with E-state index in [1.54, 1.807) is 0 Å². The molecule has 1 atom stereocenters. The maximum Gasteiger partial charge on any atom is -0.0216 e. The second kappa shape index (κ2) is 3.90. The van der Waals surface area contributed by atoms with Crippen LogP contribution in [0.5, 0.6) is 0 Å². The summed E-state index contributed by atoms with van der Waals surface area (Å²) in [7, 11) is 5.80. The summed E-state index contributed by atoms with van der Waals surface area (Å²) in [5.74, 6) is 0. The van der Waals surface area contributed by atoms with E-state index in [0.717, 1.165) is 0 Å². The van der Waals surface area contributed by atoms with Crippen LogP contribution in [0.25, 0.3) is 0 Å². The SMILES string of the molecule is [CH2-]N(C)C(C)CCC. The fourth-order valence-corrected chi connectivity index (χ4v) is 0.638. The van der Waals surface area contributed by atoms with Gasteiger partial charge in [-0.15, -0.1) is 0 Å². The summed E-state index contributed by atoms with van der Waals surface area (Å²) in [5.41, 5.74) is 0. The molecule has 0 amide bonds. The molecule has 0 aromatic carbocycles. The van der Waals surface area contributed by atoms with Gasteiger partial charge in [0.25, 0.3) is 0 Å². The van der Waals surface area contributed by atoms with E-state index in [4.69, 9.17) is 0 Å². The Morgan fingerprint density at radius 1 is 1.62 bits per heavy atom. The molecule has 8 heavy (non-hydrogen) atoms. The quantitative estimate of drug-likeness (QED) is 0.506. The van der Waals surface area contributed by atoms with Crippen LogP contribution in [-0.2, 0) is 0 Å². The van der Waals surface area contributed by atoms with Gasteiger partial charge < -0.3 is 4.90 Å². The van der Waals surface area contributed by atoms with E-state index < -0.39 is 0 Å². The topological polar surface area (TPSA) is 3.24 Å². The van der Waals surface area contributed by atoms with Gasteiger partial charge in [0, 0.05) is 0 Å². The highest BCUT2D eigenvalue weighted by atomic mass is 15.1. The summed E-state index contributed by atoms with van der Waals surface area (Å²) in [4.78, 5) is 2.00. The summed E-state index contributed by atoms with van der Waals surface area (Å²) in [6.45, 7) is 4.39. The largest absolute Gasteiger partial charge is 0.459 e. The van der Waals surface area contributed by atoms with E-state index >= 15 is 0 Å². The third-order valence-electron chi connectivity index (χ3n) is 1.46. The van der Waals surface area contributed by atoms with Gasteiger partial charge >= 0.3 is 0 Å². The Labute approximate surface area is 52.7 Å². The van der Waals surface area contributed by atoms with E-state index in [1.165, 1.54) is 12.8 Å². The molecule has 50 valence electrons. The Balaban J connectivity index is 3.17. The van der Waals surface area contributed by atoms with Gasteiger partial charge in [-0.25, -0.2) is 0 Å². The lowest BCUT2D eigenvalue weighted by atomic mass is 10.2. The van der Waals surface area contributed by atoms with Crippen molar-refractivity contribution in [2.24, 2.45) is 0 Å². The molecule has 0 aliphatic carbocycles. The van der Waals surface area contributed by atoms with Gasteiger partial charge in [-0.3, -0.25) is 7.05 Å². The van der Waals surface area contributed by atoms with Gasteiger partial charge in [0.05, 0.1) is 0 Å². The summed E-state index contributed by atoms with van der Waals surface area (Å²) >= 11 is 0. The molecule has 0 N–H and O–H groups in total. The standard InChI is InChI=1S/C7H16N/c1-5-6-7(2)8(3)4/h7H,3,5-6H2,1-2,4H3/q-1. The maximum atomic E-state index is 3.79. The molecule has 0 bridgehead atoms. The Hall–Kier alpha value is -0.0400. The highest BCUT2D eigenvalue weighted by Crippen LogP contribution is 2.00. The van der Waals surface area contributed by atoms with Crippen molar-refractivity contribution in [2.45, 2.75) is 32.7 Å². The van der Waals surface area contributed by atoms with E-state index in [-0.39, 0.29) is 0 Å². The van der Waals surface area contributed by atoms with Crippen LogP contribution in [0.15, 0.2) is 0 Å². The highest BCUT2D eigenvalue weighted by Gasteiger charge is 1.94. The fourth-order valence-electron chi connectivity index (χ4n) is 0.638. The first-order chi connectivity index (χ1) is 3.68. The molecule has 0 spiro atoms. The van der Waals surface area contributed by atoms with Crippen molar-refractivity contribution in [3.63, 3.8) is 0 Å². The second-order valence-electron chi connectivity index (χ2n) is 2.39. The first-order valence-corrected chi connectivity index (χ1v) is 3.21. The molecular weight excluding hydrogens is 98.1 g/mol. The monoisotopic (exact) mass is 114 g/mol. The molecule has 0 aliphatic rings. The van der Waals surface area contributed by atoms with Crippen molar-refractivity contribution in [1.29, 1.82) is 0 Å². The number of rotatable bonds is 3. The van der Waals surface area contributed by atoms with Crippen LogP contribution in [0.1, 0.15) is 26.7 Å². The van der Waals surface area contributed by atoms with Crippen LogP contribution in [0.2, 0.25) is 0 Å². The summed E-state index contributed by atoms with van der Waals surface area (Å²) < 4.78 is 0. The van der Waals surface area contributed by atoms with Crippen molar-refractivity contribution < 1.29 is 0 Å². The highest BCUT2D eigenvalue weighted by molar-refractivity contribution is 4.59. The molecule has 0 aromatic heterocycles. The molecule has 1 nitrogen and oxygen atoms in total. The summed E-state index contributed by atoms with van der Waals surface area (Å²) in [6.07, 6.45) is 2.50. The molecular formula is C7H16N-. The van der Waals surface area contributed by atoms with Crippen LogP contribution in [0.4, 0.5) is 0 Å². The average molecular weight is 114 g/mol. The Morgan fingerprint density at radius 2 is 2.12 bits per heavy atom. The van der Waals surface area contributed by atoms with Gasteiger partial charge in [-0.05, 0) is 19.5 Å². The molecule has 0 heterocycles. The van der Waals surface area contributed by atoms with E-state index in [9.17, 15) is 0 Å². The fraction of sp³-hybridized carbons (Fsp3) is 0.857. The smallest absolute Gasteiger partial charge is 0.0216 e. The maximum absolute atomic E-state index is 3.79. The van der Waals surface area contributed by atoms with Crippen molar-refractivity contribution in [2.75, 3.05) is 7.05 Å². The van der Waals surface area contributed by atoms with Crippen LogP contribution in [-0.4, -0.2) is 18.0 Å². The van der Waals surface area contributed by atoms with Crippen molar-refractivity contribution in [1.82, 2.24) is 4.90 Å². The average Bonchev–Trinajstić information content (AvgIpc) is 1.67. The van der Waals surface area contributed by atoms with Crippen molar-refractivity contribution >= 4 is 0 Å². The number of nitrogens with zero attached hydrogens (tertiary/aromatic N) is 1. The van der Waals surface area contributed by atoms with Crippen LogP contribution in [0, 0.1) is 7.05 Å². The first kappa shape index (κ1) is 7.96. The zero-order chi connectivity index (χ0) is 6.57. The first-order valence-electron chi connectivity index (χ1n) is 3.21. The molecule has 0 rings (SSSR count). The Kier molecular flexibility index (Phi) is 3.88. The molecule has 1 heteroatoms. The van der Waals surface area contributed by atoms with E-state index in [1.807, 2.05) is 11.9 Å². The minimum absolute atomic E-state index is 0.639. The minimum Gasteiger partial charge on any atom is -0.459 e.